The Morgan fingerprint density at radius 3 is 2.88 bits per heavy atom. The molecule has 0 fully saturated rings. The molecule has 0 amide bonds. The number of hydrogen-bond donors (Lipinski definition) is 1. The summed E-state index contributed by atoms with van der Waals surface area (Å²) < 4.78 is 6.81. The molecule has 16 heavy (non-hydrogen) atoms. The molecule has 1 aromatic heterocycles. The lowest BCUT2D eigenvalue weighted by Crippen LogP contribution is -2.00. The Balaban J connectivity index is 2.29. The van der Waals surface area contributed by atoms with Crippen LogP contribution in [-0.4, -0.2) is 13.7 Å². The van der Waals surface area contributed by atoms with Crippen LogP contribution < -0.4 is 10.5 Å². The monoisotopic (exact) mass is 235 g/mol. The van der Waals surface area contributed by atoms with Gasteiger partial charge in [0.05, 0.1) is 7.11 Å². The molecule has 86 valence electrons. The summed E-state index contributed by atoms with van der Waals surface area (Å²) in [6, 6.07) is 6.49. The van der Waals surface area contributed by atoms with Crippen LogP contribution in [0.5, 0.6) is 5.75 Å². The van der Waals surface area contributed by atoms with Crippen molar-refractivity contribution in [3.05, 3.63) is 29.1 Å². The Bertz CT molecular complexity index is 464. The van der Waals surface area contributed by atoms with Gasteiger partial charge in [-0.1, -0.05) is 6.07 Å². The van der Waals surface area contributed by atoms with E-state index in [-0.39, 0.29) is 0 Å². The zero-order chi connectivity index (χ0) is 11.4. The van der Waals surface area contributed by atoms with Crippen molar-refractivity contribution in [1.82, 2.24) is 0 Å². The van der Waals surface area contributed by atoms with Crippen LogP contribution in [0, 0.1) is 0 Å². The molecule has 0 aliphatic rings. The molecule has 0 saturated heterocycles. The van der Waals surface area contributed by atoms with Gasteiger partial charge in [0, 0.05) is 10.1 Å². The Kier molecular flexibility index (Phi) is 3.80. The van der Waals surface area contributed by atoms with Gasteiger partial charge in [0.1, 0.15) is 5.75 Å². The maximum atomic E-state index is 5.52. The number of hydrogen-bond acceptors (Lipinski definition) is 3. The fourth-order valence-corrected chi connectivity index (χ4v) is 2.75. The molecule has 0 spiro atoms. The summed E-state index contributed by atoms with van der Waals surface area (Å²) in [5.41, 5.74) is 6.80. The molecule has 1 heterocycles. The van der Waals surface area contributed by atoms with Crippen LogP contribution in [0.25, 0.3) is 10.1 Å². The van der Waals surface area contributed by atoms with E-state index >= 15 is 0 Å². The van der Waals surface area contributed by atoms with Gasteiger partial charge >= 0.3 is 0 Å². The van der Waals surface area contributed by atoms with E-state index < -0.39 is 0 Å². The summed E-state index contributed by atoms with van der Waals surface area (Å²) in [6.45, 7) is 0.767. The predicted octanol–water partition coefficient (Wildman–Crippen LogP) is 3.19. The van der Waals surface area contributed by atoms with Crippen LogP contribution in [0.1, 0.15) is 18.4 Å². The first kappa shape index (κ1) is 11.4. The molecule has 0 unspecified atom stereocenters. The minimum atomic E-state index is 0.767. The lowest BCUT2D eigenvalue weighted by Gasteiger charge is -2.09. The summed E-state index contributed by atoms with van der Waals surface area (Å²) in [7, 11) is 1.75. The topological polar surface area (TPSA) is 35.2 Å². The molecule has 2 rings (SSSR count). The molecule has 3 heteroatoms. The summed E-state index contributed by atoms with van der Waals surface area (Å²) in [5.74, 6) is 1.04. The minimum absolute atomic E-state index is 0.767. The number of unbranched alkanes of at least 4 members (excludes halogenated alkanes) is 1. The number of fused-ring (bicyclic) bond motifs is 1. The van der Waals surface area contributed by atoms with Gasteiger partial charge in [0.2, 0.25) is 0 Å². The van der Waals surface area contributed by atoms with Gasteiger partial charge in [-0.05, 0) is 48.9 Å². The minimum Gasteiger partial charge on any atom is -0.496 e. The van der Waals surface area contributed by atoms with Gasteiger partial charge in [-0.15, -0.1) is 11.3 Å². The van der Waals surface area contributed by atoms with Crippen molar-refractivity contribution >= 4 is 21.4 Å². The number of aryl methyl sites for hydroxylation is 1. The van der Waals surface area contributed by atoms with Gasteiger partial charge in [0.15, 0.2) is 0 Å². The van der Waals surface area contributed by atoms with E-state index in [0.717, 1.165) is 31.6 Å². The number of ether oxygens (including phenoxy) is 1. The third-order valence-electron chi connectivity index (χ3n) is 2.77. The van der Waals surface area contributed by atoms with E-state index in [0.29, 0.717) is 0 Å². The molecule has 0 aliphatic carbocycles. The van der Waals surface area contributed by atoms with Gasteiger partial charge in [-0.2, -0.15) is 0 Å². The standard InChI is InChI=1S/C13H17NOS/c1-15-13-10(4-2-3-8-14)5-6-12-11(13)7-9-16-12/h5-7,9H,2-4,8,14H2,1H3. The maximum absolute atomic E-state index is 5.52. The second-order valence-electron chi connectivity index (χ2n) is 3.84. The average Bonchev–Trinajstić information content (AvgIpc) is 2.77. The van der Waals surface area contributed by atoms with E-state index in [1.807, 2.05) is 0 Å². The van der Waals surface area contributed by atoms with Gasteiger partial charge < -0.3 is 10.5 Å². The quantitative estimate of drug-likeness (QED) is 0.808. The first-order chi connectivity index (χ1) is 7.86. The van der Waals surface area contributed by atoms with E-state index in [9.17, 15) is 0 Å². The lowest BCUT2D eigenvalue weighted by molar-refractivity contribution is 0.414. The molecule has 0 atom stereocenters. The Labute approximate surface area is 100 Å². The Hall–Kier alpha value is -1.06. The van der Waals surface area contributed by atoms with Crippen LogP contribution in [0.3, 0.4) is 0 Å². The average molecular weight is 235 g/mol. The van der Waals surface area contributed by atoms with Crippen molar-refractivity contribution in [2.24, 2.45) is 5.73 Å². The lowest BCUT2D eigenvalue weighted by atomic mass is 10.0. The smallest absolute Gasteiger partial charge is 0.130 e. The first-order valence-corrected chi connectivity index (χ1v) is 6.48. The molecule has 2 aromatic rings. The van der Waals surface area contributed by atoms with Crippen molar-refractivity contribution in [2.45, 2.75) is 19.3 Å². The fraction of sp³-hybridized carbons (Fsp3) is 0.385. The maximum Gasteiger partial charge on any atom is 0.130 e. The van der Waals surface area contributed by atoms with Gasteiger partial charge in [0.25, 0.3) is 0 Å². The third kappa shape index (κ3) is 2.20. The molecule has 2 N–H and O–H groups in total. The normalized spacial score (nSPS) is 10.9. The second kappa shape index (κ2) is 5.32. The SMILES string of the molecule is COc1c(CCCCN)ccc2sccc12. The summed E-state index contributed by atoms with van der Waals surface area (Å²) in [6.07, 6.45) is 3.25. The predicted molar refractivity (Wildman–Crippen MR) is 70.4 cm³/mol. The van der Waals surface area contributed by atoms with Crippen molar-refractivity contribution < 1.29 is 4.74 Å². The Morgan fingerprint density at radius 2 is 2.12 bits per heavy atom. The van der Waals surface area contributed by atoms with Crippen LogP contribution in [0.4, 0.5) is 0 Å². The summed E-state index contributed by atoms with van der Waals surface area (Å²) in [4.78, 5) is 0. The van der Waals surface area contributed by atoms with Crippen molar-refractivity contribution in [3.63, 3.8) is 0 Å². The van der Waals surface area contributed by atoms with Crippen LogP contribution in [0.15, 0.2) is 23.6 Å². The molecule has 0 bridgehead atoms. The highest BCUT2D eigenvalue weighted by Crippen LogP contribution is 2.33. The van der Waals surface area contributed by atoms with E-state index in [1.165, 1.54) is 15.6 Å². The van der Waals surface area contributed by atoms with E-state index in [4.69, 9.17) is 10.5 Å². The molecule has 1 aromatic carbocycles. The highest BCUT2D eigenvalue weighted by atomic mass is 32.1. The molecule has 0 aliphatic heterocycles. The highest BCUT2D eigenvalue weighted by Gasteiger charge is 2.08. The van der Waals surface area contributed by atoms with Gasteiger partial charge in [-0.3, -0.25) is 0 Å². The van der Waals surface area contributed by atoms with Crippen LogP contribution >= 0.6 is 11.3 Å². The summed E-state index contributed by atoms with van der Waals surface area (Å²) in [5, 5.41) is 3.34. The van der Waals surface area contributed by atoms with Gasteiger partial charge in [-0.25, -0.2) is 0 Å². The van der Waals surface area contributed by atoms with E-state index in [1.54, 1.807) is 18.4 Å². The van der Waals surface area contributed by atoms with Crippen molar-refractivity contribution in [1.29, 1.82) is 0 Å². The van der Waals surface area contributed by atoms with Crippen molar-refractivity contribution in [2.75, 3.05) is 13.7 Å². The summed E-state index contributed by atoms with van der Waals surface area (Å²) >= 11 is 1.75. The zero-order valence-electron chi connectivity index (χ0n) is 9.53. The number of thiophene rings is 1. The number of methoxy groups -OCH3 is 1. The molecule has 2 nitrogen and oxygen atoms in total. The van der Waals surface area contributed by atoms with Crippen LogP contribution in [-0.2, 0) is 6.42 Å². The van der Waals surface area contributed by atoms with Crippen LogP contribution in [0.2, 0.25) is 0 Å². The largest absolute Gasteiger partial charge is 0.496 e. The molecule has 0 radical (unpaired) electrons. The number of rotatable bonds is 5. The van der Waals surface area contributed by atoms with E-state index in [2.05, 4.69) is 23.6 Å². The fourth-order valence-electron chi connectivity index (χ4n) is 1.96. The number of nitrogens with two attached hydrogens (primary N) is 1. The molecule has 0 saturated carbocycles. The first-order valence-electron chi connectivity index (χ1n) is 5.60. The van der Waals surface area contributed by atoms with Crippen molar-refractivity contribution in [3.8, 4) is 5.75 Å². The molecular weight excluding hydrogens is 218 g/mol. The highest BCUT2D eigenvalue weighted by molar-refractivity contribution is 7.17. The zero-order valence-corrected chi connectivity index (χ0v) is 10.3. The number of benzene rings is 1. The Morgan fingerprint density at radius 1 is 1.25 bits per heavy atom. The molecular formula is C13H17NOS. The second-order valence-corrected chi connectivity index (χ2v) is 4.78. The third-order valence-corrected chi connectivity index (χ3v) is 3.65.